The molecule has 1 aliphatic carbocycles. The zero-order valence-corrected chi connectivity index (χ0v) is 29.5. The van der Waals surface area contributed by atoms with Crippen LogP contribution in [0.15, 0.2) is 80.1 Å². The van der Waals surface area contributed by atoms with Crippen LogP contribution in [0.1, 0.15) is 68.9 Å². The Morgan fingerprint density at radius 1 is 0.762 bits per heavy atom. The van der Waals surface area contributed by atoms with E-state index in [9.17, 15) is 0 Å². The summed E-state index contributed by atoms with van der Waals surface area (Å²) in [5.74, 6) is 1.05. The maximum absolute atomic E-state index is 6.23. The molecule has 0 heterocycles. The van der Waals surface area contributed by atoms with Crippen LogP contribution in [0.25, 0.3) is 0 Å². The number of nitrogens with zero attached hydrogens (tertiary/aromatic N) is 2. The molecule has 3 aromatic carbocycles. The monoisotopic (exact) mass is 717 g/mol. The van der Waals surface area contributed by atoms with Gasteiger partial charge in [0.2, 0.25) is 0 Å². The Morgan fingerprint density at radius 3 is 1.74 bits per heavy atom. The fraction of sp³-hybridized carbons (Fsp3) is 0.421. The minimum absolute atomic E-state index is 0.00358. The van der Waals surface area contributed by atoms with Crippen LogP contribution in [0.4, 0.5) is 11.4 Å². The molecule has 0 saturated heterocycles. The van der Waals surface area contributed by atoms with Crippen LogP contribution in [-0.2, 0) is 16.0 Å². The van der Waals surface area contributed by atoms with E-state index in [4.69, 9.17) is 4.74 Å². The van der Waals surface area contributed by atoms with Gasteiger partial charge in [0.1, 0.15) is 0 Å². The second kappa shape index (κ2) is 13.2. The maximum atomic E-state index is 6.23. The zero-order valence-electron chi connectivity index (χ0n) is 27.6. The van der Waals surface area contributed by atoms with Gasteiger partial charge < -0.3 is 0 Å². The summed E-state index contributed by atoms with van der Waals surface area (Å²) in [6.07, 6.45) is 5.89. The molecule has 0 unspecified atom stereocenters. The van der Waals surface area contributed by atoms with Crippen molar-refractivity contribution in [3.05, 3.63) is 108 Å². The van der Waals surface area contributed by atoms with Gasteiger partial charge in [0.25, 0.3) is 0 Å². The van der Waals surface area contributed by atoms with Crippen molar-refractivity contribution in [2.24, 2.45) is 0 Å². The van der Waals surface area contributed by atoms with Crippen molar-refractivity contribution < 1.29 is 36.2 Å². The molecule has 0 spiro atoms. The minimum atomic E-state index is -1.54. The van der Waals surface area contributed by atoms with E-state index in [1.807, 2.05) is 7.11 Å². The van der Waals surface area contributed by atoms with Gasteiger partial charge in [-0.05, 0) is 0 Å². The van der Waals surface area contributed by atoms with Gasteiger partial charge in [-0.3, -0.25) is 0 Å². The molecule has 1 aliphatic rings. The van der Waals surface area contributed by atoms with Crippen molar-refractivity contribution in [2.45, 2.75) is 64.0 Å². The first-order valence-corrected chi connectivity index (χ1v) is 18.3. The van der Waals surface area contributed by atoms with Gasteiger partial charge in [0.05, 0.1) is 0 Å². The SMILES string of the molecule is COc1c(C(C)(C)C)cc(C)cc1C(C)(C)C1=[C]([Er]([CH2]c2ccccc2N(C)C)[CH2]c2ccccc2N(C)C)C=CC1. The zero-order chi connectivity index (χ0) is 30.8. The molecule has 0 bridgehead atoms. The van der Waals surface area contributed by atoms with Crippen molar-refractivity contribution in [3.63, 3.8) is 0 Å². The average Bonchev–Trinajstić information content (AvgIpc) is 3.43. The molecule has 42 heavy (non-hydrogen) atoms. The molecule has 0 fully saturated rings. The molecular formula is C38H51ErN2O. The van der Waals surface area contributed by atoms with Crippen molar-refractivity contribution in [1.82, 2.24) is 0 Å². The van der Waals surface area contributed by atoms with Gasteiger partial charge in [0.15, 0.2) is 0 Å². The number of aryl methyl sites for hydroxylation is 1. The molecular weight excluding hydrogens is 668 g/mol. The summed E-state index contributed by atoms with van der Waals surface area (Å²) in [7, 11) is 10.5. The number of ether oxygens (including phenoxy) is 1. The fourth-order valence-electron chi connectivity index (χ4n) is 5.83. The van der Waals surface area contributed by atoms with Crippen LogP contribution in [-0.4, -0.2) is 35.3 Å². The number of allylic oxidation sites excluding steroid dienone is 4. The molecule has 0 N–H and O–H groups in total. The Hall–Kier alpha value is -2.21. The number of hydrogen-bond donors (Lipinski definition) is 0. The quantitative estimate of drug-likeness (QED) is 0.208. The normalized spacial score (nSPS) is 13.9. The number of benzene rings is 3. The fourth-order valence-corrected chi connectivity index (χ4v) is 11.8. The Balaban J connectivity index is 1.91. The van der Waals surface area contributed by atoms with Gasteiger partial charge in [-0.1, -0.05) is 0 Å². The van der Waals surface area contributed by atoms with E-state index in [1.165, 1.54) is 39.2 Å². The van der Waals surface area contributed by atoms with Gasteiger partial charge in [-0.15, -0.1) is 0 Å². The van der Waals surface area contributed by atoms with E-state index in [-0.39, 0.29) is 10.8 Å². The second-order valence-electron chi connectivity index (χ2n) is 13.3. The predicted octanol–water partition coefficient (Wildman–Crippen LogP) is 8.95. The Bertz CT molecular complexity index is 1420. The van der Waals surface area contributed by atoms with Crippen LogP contribution in [0.3, 0.4) is 0 Å². The molecule has 0 atom stereocenters. The number of methoxy groups -OCH3 is 1. The van der Waals surface area contributed by atoms with Crippen LogP contribution < -0.4 is 14.5 Å². The summed E-state index contributed by atoms with van der Waals surface area (Å²) in [5.41, 5.74) is 10.8. The summed E-state index contributed by atoms with van der Waals surface area (Å²) < 4.78 is 10.1. The van der Waals surface area contributed by atoms with Crippen LogP contribution >= 0.6 is 0 Å². The first-order valence-electron chi connectivity index (χ1n) is 14.8. The molecule has 0 radical (unpaired) electrons. The molecule has 0 saturated carbocycles. The van der Waals surface area contributed by atoms with E-state index in [1.54, 1.807) is 7.31 Å². The van der Waals surface area contributed by atoms with E-state index in [2.05, 4.69) is 152 Å². The van der Waals surface area contributed by atoms with E-state index < -0.39 is 31.5 Å². The summed E-state index contributed by atoms with van der Waals surface area (Å²) in [5, 5.41) is 0. The summed E-state index contributed by atoms with van der Waals surface area (Å²) >= 11 is -1.54. The third kappa shape index (κ3) is 6.95. The van der Waals surface area contributed by atoms with E-state index in [0.717, 1.165) is 17.3 Å². The standard InChI is InChI=1S/C20H27O.2C9H12N.Er/c1-14-12-16(19(2,3)4)18(21-7)17(13-14)20(5,6)15-10-8-9-11-15;2*1-8-6-4-5-7-9(8)10(2)3;/h8-9,12-13H,10H2,1-7H3;2*4-7H,1H2,2-3H3;. The molecule has 231 valence electrons. The predicted molar refractivity (Wildman–Crippen MR) is 179 cm³/mol. The Labute approximate surface area is 268 Å². The Kier molecular flexibility index (Phi) is 10.3. The number of para-hydroxylation sites is 2. The summed E-state index contributed by atoms with van der Waals surface area (Å²) in [6, 6.07) is 22.6. The molecule has 4 rings (SSSR count). The van der Waals surface area contributed by atoms with Crippen LogP contribution in [0.5, 0.6) is 5.75 Å². The van der Waals surface area contributed by atoms with E-state index >= 15 is 0 Å². The third-order valence-corrected chi connectivity index (χ3v) is 13.4. The second-order valence-corrected chi connectivity index (χ2v) is 17.8. The summed E-state index contributed by atoms with van der Waals surface area (Å²) in [6.45, 7) is 13.9. The average molecular weight is 719 g/mol. The summed E-state index contributed by atoms with van der Waals surface area (Å²) in [4.78, 5) is 4.54. The van der Waals surface area contributed by atoms with Gasteiger partial charge in [-0.2, -0.15) is 0 Å². The molecule has 3 nitrogen and oxygen atoms in total. The number of hydrogen-bond acceptors (Lipinski definition) is 3. The number of rotatable bonds is 10. The van der Waals surface area contributed by atoms with Crippen LogP contribution in [0, 0.1) is 38.4 Å². The van der Waals surface area contributed by atoms with E-state index in [0.29, 0.717) is 0 Å². The molecule has 0 aliphatic heterocycles. The third-order valence-electron chi connectivity index (χ3n) is 8.14. The van der Waals surface area contributed by atoms with Gasteiger partial charge >= 0.3 is 270 Å². The topological polar surface area (TPSA) is 15.7 Å². The number of anilines is 2. The first kappa shape index (κ1) is 32.7. The van der Waals surface area contributed by atoms with Crippen LogP contribution in [0.2, 0.25) is 0 Å². The van der Waals surface area contributed by atoms with Gasteiger partial charge in [0, 0.05) is 0 Å². The first-order chi connectivity index (χ1) is 19.8. The van der Waals surface area contributed by atoms with Gasteiger partial charge in [-0.25, -0.2) is 0 Å². The molecule has 0 amide bonds. The van der Waals surface area contributed by atoms with Crippen molar-refractivity contribution in [3.8, 4) is 5.75 Å². The molecule has 3 aromatic rings. The van der Waals surface area contributed by atoms with Crippen molar-refractivity contribution in [2.75, 3.05) is 45.1 Å². The van der Waals surface area contributed by atoms with Crippen molar-refractivity contribution in [1.29, 1.82) is 0 Å². The van der Waals surface area contributed by atoms with Crippen molar-refractivity contribution >= 4 is 11.4 Å². The Morgan fingerprint density at radius 2 is 1.26 bits per heavy atom. The molecule has 0 aromatic heterocycles. The molecule has 4 heteroatoms.